The Bertz CT molecular complexity index is 119. The third-order valence-electron chi connectivity index (χ3n) is 1.29. The highest BCUT2D eigenvalue weighted by Gasteiger charge is 2.21. The molecule has 0 saturated heterocycles. The molecule has 0 unspecified atom stereocenters. The van der Waals surface area contributed by atoms with Gasteiger partial charge in [-0.25, -0.2) is 0 Å². The van der Waals surface area contributed by atoms with Gasteiger partial charge in [-0.15, -0.1) is 0 Å². The molecule has 0 amide bonds. The molecule has 1 fully saturated rings. The van der Waals surface area contributed by atoms with Crippen LogP contribution in [0.3, 0.4) is 0 Å². The summed E-state index contributed by atoms with van der Waals surface area (Å²) in [6.45, 7) is 0. The number of hydrogen-bond acceptors (Lipinski definition) is 3. The molecule has 1 aliphatic carbocycles. The maximum absolute atomic E-state index is 5.34. The van der Waals surface area contributed by atoms with Gasteiger partial charge in [0.05, 0.1) is 0 Å². The topological polar surface area (TPSA) is 64.4 Å². The minimum absolute atomic E-state index is 0.502. The number of amidine groups is 1. The monoisotopic (exact) mass is 145 g/mol. The standard InChI is InChI=1S/C5H11N3S/c6-5(8-7)9-3-4-1-2-4/h4H,1-3,7H2,(H2,6,8). The van der Waals surface area contributed by atoms with E-state index in [2.05, 4.69) is 5.10 Å². The average molecular weight is 145 g/mol. The summed E-state index contributed by atoms with van der Waals surface area (Å²) in [5, 5.41) is 3.85. The van der Waals surface area contributed by atoms with Gasteiger partial charge in [-0.3, -0.25) is 0 Å². The van der Waals surface area contributed by atoms with Crippen molar-refractivity contribution in [2.75, 3.05) is 5.75 Å². The molecule has 0 spiro atoms. The number of hydrogen-bond donors (Lipinski definition) is 2. The Kier molecular flexibility index (Phi) is 2.22. The SMILES string of the molecule is NN=C(N)SCC1CC1. The first-order valence-electron chi connectivity index (χ1n) is 2.99. The predicted molar refractivity (Wildman–Crippen MR) is 41.0 cm³/mol. The van der Waals surface area contributed by atoms with Crippen LogP contribution in [0.4, 0.5) is 0 Å². The highest BCUT2D eigenvalue weighted by atomic mass is 32.2. The van der Waals surface area contributed by atoms with Crippen LogP contribution in [-0.2, 0) is 0 Å². The van der Waals surface area contributed by atoms with Crippen LogP contribution in [0.2, 0.25) is 0 Å². The van der Waals surface area contributed by atoms with Crippen LogP contribution in [0.15, 0.2) is 5.10 Å². The van der Waals surface area contributed by atoms with E-state index < -0.39 is 0 Å². The second-order valence-electron chi connectivity index (χ2n) is 2.22. The number of thioether (sulfide) groups is 1. The van der Waals surface area contributed by atoms with Crippen molar-refractivity contribution < 1.29 is 0 Å². The van der Waals surface area contributed by atoms with Crippen LogP contribution in [0.5, 0.6) is 0 Å². The van der Waals surface area contributed by atoms with Gasteiger partial charge in [0.1, 0.15) is 0 Å². The quantitative estimate of drug-likeness (QED) is 0.254. The van der Waals surface area contributed by atoms with Crippen molar-refractivity contribution >= 4 is 16.9 Å². The fraction of sp³-hybridized carbons (Fsp3) is 0.800. The van der Waals surface area contributed by atoms with Crippen molar-refractivity contribution in [1.29, 1.82) is 0 Å². The fourth-order valence-corrected chi connectivity index (χ4v) is 1.34. The highest BCUT2D eigenvalue weighted by Crippen LogP contribution is 2.32. The van der Waals surface area contributed by atoms with E-state index in [-0.39, 0.29) is 0 Å². The molecular formula is C5H11N3S. The normalized spacial score (nSPS) is 20.2. The van der Waals surface area contributed by atoms with E-state index in [1.54, 1.807) is 11.8 Å². The minimum atomic E-state index is 0.502. The van der Waals surface area contributed by atoms with E-state index in [1.165, 1.54) is 12.8 Å². The molecule has 3 nitrogen and oxygen atoms in total. The Balaban J connectivity index is 2.03. The van der Waals surface area contributed by atoms with Crippen molar-refractivity contribution in [1.82, 2.24) is 0 Å². The zero-order valence-electron chi connectivity index (χ0n) is 5.21. The molecule has 1 rings (SSSR count). The van der Waals surface area contributed by atoms with Crippen molar-refractivity contribution in [3.05, 3.63) is 0 Å². The lowest BCUT2D eigenvalue weighted by Gasteiger charge is -1.94. The molecule has 0 heterocycles. The number of nitrogens with two attached hydrogens (primary N) is 2. The van der Waals surface area contributed by atoms with Crippen molar-refractivity contribution in [3.8, 4) is 0 Å². The van der Waals surface area contributed by atoms with E-state index in [4.69, 9.17) is 11.6 Å². The van der Waals surface area contributed by atoms with Gasteiger partial charge < -0.3 is 11.6 Å². The minimum Gasteiger partial charge on any atom is -0.377 e. The molecule has 0 radical (unpaired) electrons. The van der Waals surface area contributed by atoms with Gasteiger partial charge in [0.2, 0.25) is 0 Å². The molecule has 4 N–H and O–H groups in total. The molecule has 52 valence electrons. The lowest BCUT2D eigenvalue weighted by atomic mass is 10.5. The molecule has 0 aliphatic heterocycles. The zero-order valence-corrected chi connectivity index (χ0v) is 6.03. The van der Waals surface area contributed by atoms with E-state index in [0.717, 1.165) is 11.7 Å². The van der Waals surface area contributed by atoms with Gasteiger partial charge in [0, 0.05) is 5.75 Å². The molecule has 1 aliphatic rings. The maximum Gasteiger partial charge on any atom is 0.177 e. The predicted octanol–water partition coefficient (Wildman–Crippen LogP) is 0.318. The van der Waals surface area contributed by atoms with Crippen LogP contribution >= 0.6 is 11.8 Å². The summed E-state index contributed by atoms with van der Waals surface area (Å²) in [6.07, 6.45) is 2.70. The lowest BCUT2D eigenvalue weighted by molar-refractivity contribution is 1.00. The number of hydrazone groups is 1. The second-order valence-corrected chi connectivity index (χ2v) is 3.26. The molecule has 1 saturated carbocycles. The summed E-state index contributed by atoms with van der Waals surface area (Å²) >= 11 is 1.55. The van der Waals surface area contributed by atoms with Crippen LogP contribution < -0.4 is 11.6 Å². The molecule has 0 aromatic heterocycles. The largest absolute Gasteiger partial charge is 0.377 e. The Hall–Kier alpha value is -0.380. The number of rotatable bonds is 2. The highest BCUT2D eigenvalue weighted by molar-refractivity contribution is 8.13. The Labute approximate surface area is 58.9 Å². The molecule has 0 aromatic rings. The summed E-state index contributed by atoms with van der Waals surface area (Å²) in [7, 11) is 0. The van der Waals surface area contributed by atoms with Crippen LogP contribution in [-0.4, -0.2) is 10.9 Å². The van der Waals surface area contributed by atoms with Gasteiger partial charge in [-0.05, 0) is 18.8 Å². The smallest absolute Gasteiger partial charge is 0.177 e. The molecule has 0 bridgehead atoms. The average Bonchev–Trinajstić information content (AvgIpc) is 2.65. The third-order valence-corrected chi connectivity index (χ3v) is 2.33. The van der Waals surface area contributed by atoms with Crippen molar-refractivity contribution in [2.24, 2.45) is 22.6 Å². The fourth-order valence-electron chi connectivity index (χ4n) is 0.525. The van der Waals surface area contributed by atoms with Crippen LogP contribution in [0.1, 0.15) is 12.8 Å². The van der Waals surface area contributed by atoms with E-state index >= 15 is 0 Å². The summed E-state index contributed by atoms with van der Waals surface area (Å²) in [5.41, 5.74) is 5.34. The Morgan fingerprint density at radius 3 is 2.78 bits per heavy atom. The van der Waals surface area contributed by atoms with Crippen molar-refractivity contribution in [3.63, 3.8) is 0 Å². The Morgan fingerprint density at radius 2 is 2.33 bits per heavy atom. The lowest BCUT2D eigenvalue weighted by Crippen LogP contribution is -2.10. The second kappa shape index (κ2) is 2.96. The first kappa shape index (κ1) is 6.74. The van der Waals surface area contributed by atoms with Gasteiger partial charge >= 0.3 is 0 Å². The summed E-state index contributed by atoms with van der Waals surface area (Å²) in [5.74, 6) is 6.90. The van der Waals surface area contributed by atoms with E-state index in [1.807, 2.05) is 0 Å². The maximum atomic E-state index is 5.34. The summed E-state index contributed by atoms with van der Waals surface area (Å²) in [6, 6.07) is 0. The molecular weight excluding hydrogens is 134 g/mol. The first-order valence-corrected chi connectivity index (χ1v) is 3.97. The zero-order chi connectivity index (χ0) is 6.69. The van der Waals surface area contributed by atoms with Gasteiger partial charge in [-0.2, -0.15) is 5.10 Å². The van der Waals surface area contributed by atoms with Gasteiger partial charge in [-0.1, -0.05) is 11.8 Å². The molecule has 0 atom stereocenters. The van der Waals surface area contributed by atoms with Crippen LogP contribution in [0.25, 0.3) is 0 Å². The van der Waals surface area contributed by atoms with Gasteiger partial charge in [0.25, 0.3) is 0 Å². The molecule has 9 heavy (non-hydrogen) atoms. The van der Waals surface area contributed by atoms with Gasteiger partial charge in [0.15, 0.2) is 5.17 Å². The Morgan fingerprint density at radius 1 is 1.67 bits per heavy atom. The molecule has 0 aromatic carbocycles. The summed E-state index contributed by atoms with van der Waals surface area (Å²) in [4.78, 5) is 0. The number of nitrogens with zero attached hydrogens (tertiary/aromatic N) is 1. The third kappa shape index (κ3) is 2.60. The van der Waals surface area contributed by atoms with E-state index in [0.29, 0.717) is 5.17 Å². The van der Waals surface area contributed by atoms with Crippen molar-refractivity contribution in [2.45, 2.75) is 12.8 Å². The molecule has 4 heteroatoms. The van der Waals surface area contributed by atoms with E-state index in [9.17, 15) is 0 Å². The first-order chi connectivity index (χ1) is 4.33. The van der Waals surface area contributed by atoms with Crippen LogP contribution in [0, 0.1) is 5.92 Å². The summed E-state index contributed by atoms with van der Waals surface area (Å²) < 4.78 is 0.